The van der Waals surface area contributed by atoms with Crippen molar-refractivity contribution < 1.29 is 0 Å². The Balaban J connectivity index is 1.92. The first-order chi connectivity index (χ1) is 10.6. The van der Waals surface area contributed by atoms with Crippen molar-refractivity contribution in [2.75, 3.05) is 0 Å². The Morgan fingerprint density at radius 1 is 0.909 bits per heavy atom. The van der Waals surface area contributed by atoms with E-state index in [9.17, 15) is 0 Å². The Kier molecular flexibility index (Phi) is 5.28. The largest absolute Gasteiger partial charge is 0.326 e. The van der Waals surface area contributed by atoms with Crippen molar-refractivity contribution in [2.45, 2.75) is 102 Å². The zero-order valence-electron chi connectivity index (χ0n) is 14.7. The summed E-state index contributed by atoms with van der Waals surface area (Å²) < 4.78 is 2.50. The van der Waals surface area contributed by atoms with E-state index < -0.39 is 0 Å². The molecule has 0 unspecified atom stereocenters. The fraction of sp³-hybridized carbons (Fsp3) is 0.842. The minimum Gasteiger partial charge on any atom is -0.326 e. The minimum atomic E-state index is -0.0883. The molecule has 2 nitrogen and oxygen atoms in total. The predicted octanol–water partition coefficient (Wildman–Crippen LogP) is 5.41. The molecule has 2 aliphatic rings. The number of hydrogen-bond donors (Lipinski definition) is 0. The van der Waals surface area contributed by atoms with E-state index in [0.29, 0.717) is 0 Å². The molecule has 1 heterocycles. The van der Waals surface area contributed by atoms with Crippen molar-refractivity contribution in [2.24, 2.45) is 0 Å². The van der Waals surface area contributed by atoms with Gasteiger partial charge in [0.1, 0.15) is 5.57 Å². The maximum atomic E-state index is 4.93. The molecule has 0 radical (unpaired) electrons. The second-order valence-corrected chi connectivity index (χ2v) is 10.9. The molecule has 0 spiro atoms. The molecule has 22 heavy (non-hydrogen) atoms. The van der Waals surface area contributed by atoms with Gasteiger partial charge in [-0.25, -0.2) is 4.98 Å². The number of nitrogens with zero attached hydrogens (tertiary/aromatic N) is 2. The van der Waals surface area contributed by atoms with E-state index in [0.717, 1.165) is 11.3 Å². The average Bonchev–Trinajstić information content (AvgIpc) is 2.99. The van der Waals surface area contributed by atoms with Gasteiger partial charge in [-0.2, -0.15) is 0 Å². The second kappa shape index (κ2) is 7.04. The Labute approximate surface area is 137 Å². The van der Waals surface area contributed by atoms with Crippen LogP contribution in [0.1, 0.15) is 85.0 Å². The van der Waals surface area contributed by atoms with Crippen LogP contribution in [0.15, 0.2) is 12.4 Å². The van der Waals surface area contributed by atoms with Gasteiger partial charge in [0.15, 0.2) is 0 Å². The van der Waals surface area contributed by atoms with E-state index in [4.69, 9.17) is 4.98 Å². The zero-order valence-corrected chi connectivity index (χ0v) is 15.6. The molecule has 0 saturated heterocycles. The third kappa shape index (κ3) is 3.58. The lowest BCUT2D eigenvalue weighted by molar-refractivity contribution is 0.405. The highest BCUT2D eigenvalue weighted by molar-refractivity contribution is 7.66. The SMILES string of the molecule is CC(C)(C)n1ccnc1P(C1CCCCC1)C1CCCCC1. The van der Waals surface area contributed by atoms with E-state index in [1.54, 1.807) is 0 Å². The minimum absolute atomic E-state index is 0.0883. The molecular weight excluding hydrogens is 287 g/mol. The van der Waals surface area contributed by atoms with Crippen LogP contribution in [-0.2, 0) is 5.54 Å². The van der Waals surface area contributed by atoms with E-state index in [1.807, 2.05) is 0 Å². The summed E-state index contributed by atoms with van der Waals surface area (Å²) in [5.41, 5.74) is 3.50. The lowest BCUT2D eigenvalue weighted by Gasteiger charge is -2.39. The summed E-state index contributed by atoms with van der Waals surface area (Å²) in [6, 6.07) is 0. The first kappa shape index (κ1) is 16.5. The summed E-state index contributed by atoms with van der Waals surface area (Å²) in [4.78, 5) is 4.93. The molecular formula is C19H33N2P. The lowest BCUT2D eigenvalue weighted by atomic mass is 9.99. The first-order valence-electron chi connectivity index (χ1n) is 9.39. The number of aromatic nitrogens is 2. The van der Waals surface area contributed by atoms with Crippen molar-refractivity contribution >= 4 is 13.5 Å². The van der Waals surface area contributed by atoms with Crippen LogP contribution in [-0.4, -0.2) is 20.9 Å². The van der Waals surface area contributed by atoms with Crippen LogP contribution in [0.4, 0.5) is 0 Å². The molecule has 2 aliphatic carbocycles. The average molecular weight is 320 g/mol. The number of rotatable bonds is 3. The van der Waals surface area contributed by atoms with Gasteiger partial charge in [-0.3, -0.25) is 0 Å². The summed E-state index contributed by atoms with van der Waals surface area (Å²) in [5.74, 6) is 0. The summed E-state index contributed by atoms with van der Waals surface area (Å²) in [6.07, 6.45) is 18.8. The van der Waals surface area contributed by atoms with Gasteiger partial charge >= 0.3 is 0 Å². The van der Waals surface area contributed by atoms with Gasteiger partial charge in [0, 0.05) is 17.9 Å². The van der Waals surface area contributed by atoms with E-state index in [2.05, 4.69) is 37.7 Å². The topological polar surface area (TPSA) is 17.8 Å². The summed E-state index contributed by atoms with van der Waals surface area (Å²) in [7, 11) is -0.0883. The fourth-order valence-corrected chi connectivity index (χ4v) is 8.26. The maximum absolute atomic E-state index is 4.93. The normalized spacial score (nSPS) is 22.4. The molecule has 0 bridgehead atoms. The Bertz CT molecular complexity index is 444. The monoisotopic (exact) mass is 320 g/mol. The van der Waals surface area contributed by atoms with Crippen molar-refractivity contribution in [1.29, 1.82) is 0 Å². The van der Waals surface area contributed by atoms with Crippen molar-refractivity contribution in [1.82, 2.24) is 9.55 Å². The molecule has 0 amide bonds. The van der Waals surface area contributed by atoms with Crippen LogP contribution in [0.2, 0.25) is 0 Å². The fourth-order valence-electron chi connectivity index (χ4n) is 4.35. The molecule has 2 saturated carbocycles. The van der Waals surface area contributed by atoms with Gasteiger partial charge in [-0.1, -0.05) is 38.5 Å². The Morgan fingerprint density at radius 2 is 1.41 bits per heavy atom. The molecule has 1 aromatic heterocycles. The third-order valence-electron chi connectivity index (χ3n) is 5.51. The Hall–Kier alpha value is -0.360. The highest BCUT2D eigenvalue weighted by Crippen LogP contribution is 2.54. The van der Waals surface area contributed by atoms with E-state index in [-0.39, 0.29) is 13.5 Å². The van der Waals surface area contributed by atoms with Gasteiger partial charge in [-0.05, 0) is 65.7 Å². The van der Waals surface area contributed by atoms with Crippen LogP contribution < -0.4 is 5.57 Å². The summed E-state index contributed by atoms with van der Waals surface area (Å²) >= 11 is 0. The van der Waals surface area contributed by atoms with Crippen molar-refractivity contribution in [3.8, 4) is 0 Å². The van der Waals surface area contributed by atoms with Gasteiger partial charge in [0.2, 0.25) is 0 Å². The molecule has 0 aromatic carbocycles. The molecule has 0 N–H and O–H groups in total. The first-order valence-corrected chi connectivity index (χ1v) is 10.9. The van der Waals surface area contributed by atoms with Gasteiger partial charge in [-0.15, -0.1) is 0 Å². The van der Waals surface area contributed by atoms with Crippen LogP contribution in [0.5, 0.6) is 0 Å². The van der Waals surface area contributed by atoms with Crippen LogP contribution >= 0.6 is 7.92 Å². The second-order valence-electron chi connectivity index (χ2n) is 8.26. The van der Waals surface area contributed by atoms with Crippen molar-refractivity contribution in [3.63, 3.8) is 0 Å². The smallest absolute Gasteiger partial charge is 0.132 e. The molecule has 0 atom stereocenters. The molecule has 2 fully saturated rings. The molecule has 0 aliphatic heterocycles. The Morgan fingerprint density at radius 3 is 1.86 bits per heavy atom. The molecule has 1 aromatic rings. The van der Waals surface area contributed by atoms with Gasteiger partial charge in [0.25, 0.3) is 0 Å². The van der Waals surface area contributed by atoms with Gasteiger partial charge < -0.3 is 4.57 Å². The summed E-state index contributed by atoms with van der Waals surface area (Å²) in [6.45, 7) is 6.98. The van der Waals surface area contributed by atoms with Crippen LogP contribution in [0, 0.1) is 0 Å². The number of hydrogen-bond acceptors (Lipinski definition) is 1. The standard InChI is InChI=1S/C19H33N2P/c1-19(2,3)21-15-14-20-18(21)22(16-10-6-4-7-11-16)17-12-8-5-9-13-17/h14-17H,4-13H2,1-3H3. The summed E-state index contributed by atoms with van der Waals surface area (Å²) in [5, 5.41) is 0. The van der Waals surface area contributed by atoms with Gasteiger partial charge in [0.05, 0.1) is 0 Å². The molecule has 3 heteroatoms. The molecule has 124 valence electrons. The quantitative estimate of drug-likeness (QED) is 0.681. The van der Waals surface area contributed by atoms with E-state index in [1.165, 1.54) is 69.8 Å². The third-order valence-corrected chi connectivity index (χ3v) is 8.91. The van der Waals surface area contributed by atoms with Crippen molar-refractivity contribution in [3.05, 3.63) is 12.4 Å². The maximum Gasteiger partial charge on any atom is 0.132 e. The van der Waals surface area contributed by atoms with Crippen LogP contribution in [0.3, 0.4) is 0 Å². The van der Waals surface area contributed by atoms with Crippen LogP contribution in [0.25, 0.3) is 0 Å². The highest BCUT2D eigenvalue weighted by atomic mass is 31.1. The number of imidazole rings is 1. The lowest BCUT2D eigenvalue weighted by Crippen LogP contribution is -2.36. The predicted molar refractivity (Wildman–Crippen MR) is 97.5 cm³/mol. The zero-order chi connectivity index (χ0) is 15.6. The van der Waals surface area contributed by atoms with E-state index >= 15 is 0 Å². The molecule has 3 rings (SSSR count). The highest BCUT2D eigenvalue weighted by Gasteiger charge is 2.36.